The normalized spacial score (nSPS) is 14.5. The number of aromatic nitrogens is 2. The number of aryl methyl sites for hydroxylation is 1. The quantitative estimate of drug-likeness (QED) is 0.615. The second-order valence-corrected chi connectivity index (χ2v) is 8.15. The fourth-order valence-corrected chi connectivity index (χ4v) is 4.11. The maximum Gasteiger partial charge on any atom is 0.228 e. The highest BCUT2D eigenvalue weighted by atomic mass is 35.5. The van der Waals surface area contributed by atoms with Crippen LogP contribution in [0.1, 0.15) is 37.8 Å². The zero-order valence-corrected chi connectivity index (χ0v) is 17.7. The minimum atomic E-state index is -0.189. The van der Waals surface area contributed by atoms with E-state index >= 15 is 0 Å². The number of halogens is 1. The molecule has 2 aromatic carbocycles. The Morgan fingerprint density at radius 2 is 1.70 bits per heavy atom. The van der Waals surface area contributed by atoms with Gasteiger partial charge in [-0.25, -0.2) is 4.68 Å². The van der Waals surface area contributed by atoms with Crippen LogP contribution in [0.3, 0.4) is 0 Å². The summed E-state index contributed by atoms with van der Waals surface area (Å²) in [7, 11) is 0. The molecule has 6 heteroatoms. The van der Waals surface area contributed by atoms with Crippen molar-refractivity contribution in [3.05, 3.63) is 75.5 Å². The van der Waals surface area contributed by atoms with Crippen LogP contribution in [-0.4, -0.2) is 15.7 Å². The highest BCUT2D eigenvalue weighted by Gasteiger charge is 2.25. The smallest absolute Gasteiger partial charge is 0.228 e. The van der Waals surface area contributed by atoms with Gasteiger partial charge in [-0.15, -0.1) is 0 Å². The molecule has 0 bridgehead atoms. The van der Waals surface area contributed by atoms with Crippen LogP contribution in [-0.2, 0) is 4.79 Å². The number of rotatable bonds is 4. The molecule has 1 aromatic heterocycles. The van der Waals surface area contributed by atoms with Gasteiger partial charge in [-0.3, -0.25) is 9.59 Å². The first-order valence-electron chi connectivity index (χ1n) is 10.3. The van der Waals surface area contributed by atoms with Gasteiger partial charge in [-0.2, -0.15) is 5.10 Å². The van der Waals surface area contributed by atoms with Gasteiger partial charge < -0.3 is 5.32 Å². The lowest BCUT2D eigenvalue weighted by Gasteiger charge is -2.23. The molecule has 0 saturated heterocycles. The summed E-state index contributed by atoms with van der Waals surface area (Å²) in [5.41, 5.74) is 2.08. The first-order valence-corrected chi connectivity index (χ1v) is 10.7. The second-order valence-electron chi connectivity index (χ2n) is 7.72. The summed E-state index contributed by atoms with van der Waals surface area (Å²) >= 11 is 6.06. The summed E-state index contributed by atoms with van der Waals surface area (Å²) in [6.07, 6.45) is 5.02. The Balaban J connectivity index is 1.89. The molecule has 0 radical (unpaired) electrons. The van der Waals surface area contributed by atoms with Crippen molar-refractivity contribution in [2.24, 2.45) is 5.92 Å². The molecule has 1 heterocycles. The molecule has 30 heavy (non-hydrogen) atoms. The average molecular weight is 422 g/mol. The zero-order chi connectivity index (χ0) is 21.1. The molecule has 1 aliphatic rings. The molecule has 3 aromatic rings. The van der Waals surface area contributed by atoms with Crippen molar-refractivity contribution in [1.29, 1.82) is 0 Å². The third kappa shape index (κ3) is 4.17. The van der Waals surface area contributed by atoms with Crippen LogP contribution in [0.2, 0.25) is 5.02 Å². The van der Waals surface area contributed by atoms with E-state index in [1.807, 2.05) is 42.5 Å². The lowest BCUT2D eigenvalue weighted by Crippen LogP contribution is -2.29. The molecule has 1 aliphatic carbocycles. The van der Waals surface area contributed by atoms with Crippen LogP contribution in [0.5, 0.6) is 0 Å². The van der Waals surface area contributed by atoms with Gasteiger partial charge in [0, 0.05) is 10.9 Å². The molecule has 0 atom stereocenters. The van der Waals surface area contributed by atoms with Gasteiger partial charge in [0.05, 0.1) is 11.3 Å². The monoisotopic (exact) mass is 421 g/mol. The molecule has 1 fully saturated rings. The lowest BCUT2D eigenvalue weighted by atomic mass is 9.88. The molecule has 5 nitrogen and oxygen atoms in total. The molecule has 4 rings (SSSR count). The van der Waals surface area contributed by atoms with Crippen molar-refractivity contribution in [1.82, 2.24) is 9.78 Å². The number of hydrogen-bond donors (Lipinski definition) is 1. The lowest BCUT2D eigenvalue weighted by molar-refractivity contribution is -0.120. The van der Waals surface area contributed by atoms with E-state index in [4.69, 9.17) is 11.6 Å². The molecule has 154 valence electrons. The molecule has 0 spiro atoms. The van der Waals surface area contributed by atoms with E-state index in [9.17, 15) is 9.59 Å². The largest absolute Gasteiger partial charge is 0.310 e. The molecular formula is C24H24ClN3O2. The van der Waals surface area contributed by atoms with Crippen molar-refractivity contribution in [2.45, 2.75) is 39.0 Å². The molecule has 1 saturated carbocycles. The van der Waals surface area contributed by atoms with E-state index in [1.54, 1.807) is 23.7 Å². The van der Waals surface area contributed by atoms with Gasteiger partial charge in [-0.1, -0.05) is 61.2 Å². The van der Waals surface area contributed by atoms with Crippen LogP contribution in [0.4, 0.5) is 5.82 Å². The van der Waals surface area contributed by atoms with Crippen molar-refractivity contribution in [3.8, 4) is 16.8 Å². The van der Waals surface area contributed by atoms with E-state index < -0.39 is 0 Å². The number of benzene rings is 2. The van der Waals surface area contributed by atoms with Crippen LogP contribution in [0.25, 0.3) is 16.8 Å². The molecule has 0 unspecified atom stereocenters. The van der Waals surface area contributed by atoms with Crippen molar-refractivity contribution >= 4 is 23.3 Å². The third-order valence-corrected chi connectivity index (χ3v) is 5.86. The Bertz CT molecular complexity index is 1100. The summed E-state index contributed by atoms with van der Waals surface area (Å²) < 4.78 is 1.64. The van der Waals surface area contributed by atoms with Crippen LogP contribution in [0, 0.1) is 12.8 Å². The van der Waals surface area contributed by atoms with Gasteiger partial charge in [0.2, 0.25) is 11.3 Å². The minimum absolute atomic E-state index is 0.0440. The van der Waals surface area contributed by atoms with Gasteiger partial charge in [0.15, 0.2) is 0 Å². The summed E-state index contributed by atoms with van der Waals surface area (Å²) in [5.74, 6) is 0.298. The number of carbonyl (C=O) groups is 1. The van der Waals surface area contributed by atoms with Crippen molar-refractivity contribution in [2.75, 3.05) is 5.32 Å². The number of amides is 1. The highest BCUT2D eigenvalue weighted by molar-refractivity contribution is 6.30. The standard InChI is InChI=1S/C24H24ClN3O2/c1-16-22(29)21(17-8-4-2-5-9-17)23(26-24(30)18-10-6-3-7-11-18)28(27-16)20-14-12-19(25)13-15-20/h2,4-5,8-9,12-15,18H,3,6-7,10-11H2,1H3,(H,26,30). The number of anilines is 1. The highest BCUT2D eigenvalue weighted by Crippen LogP contribution is 2.30. The fraction of sp³-hybridized carbons (Fsp3) is 0.292. The van der Waals surface area contributed by atoms with Gasteiger partial charge >= 0.3 is 0 Å². The van der Waals surface area contributed by atoms with E-state index in [0.717, 1.165) is 36.9 Å². The number of carbonyl (C=O) groups excluding carboxylic acids is 1. The van der Waals surface area contributed by atoms with E-state index in [-0.39, 0.29) is 17.3 Å². The SMILES string of the molecule is Cc1nn(-c2ccc(Cl)cc2)c(NC(=O)C2CCCCC2)c(-c2ccccc2)c1=O. The van der Waals surface area contributed by atoms with Crippen LogP contribution < -0.4 is 10.7 Å². The van der Waals surface area contributed by atoms with E-state index in [0.29, 0.717) is 22.1 Å². The van der Waals surface area contributed by atoms with Gasteiger partial charge in [0.1, 0.15) is 11.5 Å². The summed E-state index contributed by atoms with van der Waals surface area (Å²) in [6, 6.07) is 16.6. The Morgan fingerprint density at radius 3 is 2.37 bits per heavy atom. The molecular weight excluding hydrogens is 398 g/mol. The van der Waals surface area contributed by atoms with Gasteiger partial charge in [0.25, 0.3) is 0 Å². The maximum atomic E-state index is 13.1. The number of hydrogen-bond acceptors (Lipinski definition) is 3. The number of nitrogens with one attached hydrogen (secondary N) is 1. The zero-order valence-electron chi connectivity index (χ0n) is 16.9. The first-order chi connectivity index (χ1) is 14.5. The van der Waals surface area contributed by atoms with Gasteiger partial charge in [-0.05, 0) is 49.6 Å². The maximum absolute atomic E-state index is 13.1. The van der Waals surface area contributed by atoms with Crippen molar-refractivity contribution in [3.63, 3.8) is 0 Å². The predicted molar refractivity (Wildman–Crippen MR) is 120 cm³/mol. The topological polar surface area (TPSA) is 64.0 Å². The third-order valence-electron chi connectivity index (χ3n) is 5.61. The summed E-state index contributed by atoms with van der Waals surface area (Å²) in [5, 5.41) is 8.16. The molecule has 0 aliphatic heterocycles. The predicted octanol–water partition coefficient (Wildman–Crippen LogP) is 5.38. The van der Waals surface area contributed by atoms with Crippen molar-refractivity contribution < 1.29 is 4.79 Å². The second kappa shape index (κ2) is 8.84. The summed E-state index contributed by atoms with van der Waals surface area (Å²) in [6.45, 7) is 1.69. The minimum Gasteiger partial charge on any atom is -0.310 e. The van der Waals surface area contributed by atoms with E-state index in [2.05, 4.69) is 10.4 Å². The first kappa shape index (κ1) is 20.4. The Hall–Kier alpha value is -2.92. The van der Waals surface area contributed by atoms with Crippen LogP contribution >= 0.6 is 11.6 Å². The number of nitrogens with zero attached hydrogens (tertiary/aromatic N) is 2. The molecule has 1 amide bonds. The fourth-order valence-electron chi connectivity index (χ4n) is 3.98. The molecule has 1 N–H and O–H groups in total. The Morgan fingerprint density at radius 1 is 1.03 bits per heavy atom. The van der Waals surface area contributed by atoms with Crippen LogP contribution in [0.15, 0.2) is 59.4 Å². The Kier molecular flexibility index (Phi) is 6.00. The Labute approximate surface area is 180 Å². The summed E-state index contributed by atoms with van der Waals surface area (Å²) in [4.78, 5) is 26.2. The van der Waals surface area contributed by atoms with E-state index in [1.165, 1.54) is 6.42 Å². The average Bonchev–Trinajstić information content (AvgIpc) is 2.78.